The van der Waals surface area contributed by atoms with Gasteiger partial charge in [-0.1, -0.05) is 5.16 Å². The fourth-order valence-electron chi connectivity index (χ4n) is 3.63. The molecular weight excluding hydrogens is 280 g/mol. The predicted molar refractivity (Wildman–Crippen MR) is 80.3 cm³/mol. The average molecular weight is 300 g/mol. The van der Waals surface area contributed by atoms with E-state index in [0.29, 0.717) is 17.7 Å². The molecule has 116 valence electrons. The summed E-state index contributed by atoms with van der Waals surface area (Å²) in [6.45, 7) is 8.97. The molecule has 2 aromatic rings. The van der Waals surface area contributed by atoms with Crippen molar-refractivity contribution in [1.82, 2.24) is 25.0 Å². The SMILES string of the molecule is Cc1cc(N2CC3CN(Cc4noc(C)n4)CC3C2)ncn1. The molecule has 7 nitrogen and oxygen atoms in total. The molecule has 2 unspecified atom stereocenters. The fraction of sp³-hybridized carbons (Fsp3) is 0.600. The molecular formula is C15H20N6O. The Kier molecular flexibility index (Phi) is 3.29. The summed E-state index contributed by atoms with van der Waals surface area (Å²) in [6, 6.07) is 2.07. The van der Waals surface area contributed by atoms with Crippen LogP contribution >= 0.6 is 0 Å². The number of fused-ring (bicyclic) bond motifs is 1. The van der Waals surface area contributed by atoms with Crippen molar-refractivity contribution in [3.63, 3.8) is 0 Å². The quantitative estimate of drug-likeness (QED) is 0.838. The third-order valence-electron chi connectivity index (χ3n) is 4.61. The van der Waals surface area contributed by atoms with Gasteiger partial charge >= 0.3 is 0 Å². The zero-order chi connectivity index (χ0) is 15.1. The van der Waals surface area contributed by atoms with E-state index in [9.17, 15) is 0 Å². The minimum atomic E-state index is 0.639. The van der Waals surface area contributed by atoms with Gasteiger partial charge in [0.05, 0.1) is 6.54 Å². The topological polar surface area (TPSA) is 71.2 Å². The second kappa shape index (κ2) is 5.31. The van der Waals surface area contributed by atoms with E-state index in [1.165, 1.54) is 0 Å². The fourth-order valence-corrected chi connectivity index (χ4v) is 3.63. The molecule has 0 saturated carbocycles. The van der Waals surface area contributed by atoms with Crippen molar-refractivity contribution >= 4 is 5.82 Å². The third kappa shape index (κ3) is 2.56. The predicted octanol–water partition coefficient (Wildman–Crippen LogP) is 1.04. The van der Waals surface area contributed by atoms with Crippen LogP contribution in [0.4, 0.5) is 5.82 Å². The number of hydrogen-bond donors (Lipinski definition) is 0. The lowest BCUT2D eigenvalue weighted by Gasteiger charge is -2.21. The molecule has 0 radical (unpaired) electrons. The summed E-state index contributed by atoms with van der Waals surface area (Å²) >= 11 is 0. The molecule has 2 atom stereocenters. The van der Waals surface area contributed by atoms with Gasteiger partial charge < -0.3 is 9.42 Å². The van der Waals surface area contributed by atoms with Crippen molar-refractivity contribution < 1.29 is 4.52 Å². The molecule has 2 fully saturated rings. The lowest BCUT2D eigenvalue weighted by atomic mass is 10.0. The first-order valence-electron chi connectivity index (χ1n) is 7.72. The number of hydrogen-bond acceptors (Lipinski definition) is 7. The molecule has 0 N–H and O–H groups in total. The van der Waals surface area contributed by atoms with E-state index in [2.05, 4.69) is 36.0 Å². The minimum Gasteiger partial charge on any atom is -0.356 e. The number of anilines is 1. The molecule has 2 aromatic heterocycles. The van der Waals surface area contributed by atoms with Gasteiger partial charge in [0.25, 0.3) is 0 Å². The third-order valence-corrected chi connectivity index (χ3v) is 4.61. The normalized spacial score (nSPS) is 24.9. The van der Waals surface area contributed by atoms with Gasteiger partial charge in [0.2, 0.25) is 5.89 Å². The van der Waals surface area contributed by atoms with E-state index in [0.717, 1.165) is 50.1 Å². The van der Waals surface area contributed by atoms with E-state index >= 15 is 0 Å². The molecule has 22 heavy (non-hydrogen) atoms. The number of rotatable bonds is 3. The zero-order valence-electron chi connectivity index (χ0n) is 12.9. The number of aryl methyl sites for hydroxylation is 2. The van der Waals surface area contributed by atoms with Gasteiger partial charge in [-0.25, -0.2) is 9.97 Å². The van der Waals surface area contributed by atoms with Gasteiger partial charge in [-0.05, 0) is 18.8 Å². The highest BCUT2D eigenvalue weighted by Crippen LogP contribution is 2.33. The van der Waals surface area contributed by atoms with Crippen molar-refractivity contribution in [3.8, 4) is 0 Å². The maximum atomic E-state index is 5.04. The van der Waals surface area contributed by atoms with Gasteiger partial charge in [0, 0.05) is 44.9 Å². The Morgan fingerprint density at radius 2 is 1.91 bits per heavy atom. The zero-order valence-corrected chi connectivity index (χ0v) is 12.9. The van der Waals surface area contributed by atoms with Crippen LogP contribution in [0.15, 0.2) is 16.9 Å². The summed E-state index contributed by atoms with van der Waals surface area (Å²) in [6.07, 6.45) is 1.66. The average Bonchev–Trinajstić information content (AvgIpc) is 3.14. The summed E-state index contributed by atoms with van der Waals surface area (Å²) in [5.41, 5.74) is 1.02. The molecule has 0 aromatic carbocycles. The summed E-state index contributed by atoms with van der Waals surface area (Å²) in [5.74, 6) is 3.88. The Labute approximate surface area is 129 Å². The second-order valence-electron chi connectivity index (χ2n) is 6.37. The Morgan fingerprint density at radius 1 is 1.14 bits per heavy atom. The number of aromatic nitrogens is 4. The lowest BCUT2D eigenvalue weighted by Crippen LogP contribution is -2.29. The van der Waals surface area contributed by atoms with E-state index in [4.69, 9.17) is 4.52 Å². The van der Waals surface area contributed by atoms with Gasteiger partial charge in [-0.15, -0.1) is 0 Å². The van der Waals surface area contributed by atoms with Crippen molar-refractivity contribution in [2.24, 2.45) is 11.8 Å². The highest BCUT2D eigenvalue weighted by atomic mass is 16.5. The van der Waals surface area contributed by atoms with Crippen LogP contribution in [-0.4, -0.2) is 51.2 Å². The maximum Gasteiger partial charge on any atom is 0.223 e. The van der Waals surface area contributed by atoms with Gasteiger partial charge in [0.15, 0.2) is 5.82 Å². The van der Waals surface area contributed by atoms with Crippen LogP contribution in [0.5, 0.6) is 0 Å². The second-order valence-corrected chi connectivity index (χ2v) is 6.37. The van der Waals surface area contributed by atoms with E-state index in [-0.39, 0.29) is 0 Å². The molecule has 7 heteroatoms. The molecule has 2 aliphatic heterocycles. The van der Waals surface area contributed by atoms with Crippen molar-refractivity contribution in [2.75, 3.05) is 31.1 Å². The lowest BCUT2D eigenvalue weighted by molar-refractivity contribution is 0.292. The highest BCUT2D eigenvalue weighted by Gasteiger charge is 2.40. The minimum absolute atomic E-state index is 0.639. The van der Waals surface area contributed by atoms with Crippen LogP contribution in [0, 0.1) is 25.7 Å². The van der Waals surface area contributed by atoms with Gasteiger partial charge in [0.1, 0.15) is 12.1 Å². The van der Waals surface area contributed by atoms with Crippen molar-refractivity contribution in [2.45, 2.75) is 20.4 Å². The molecule has 0 spiro atoms. The summed E-state index contributed by atoms with van der Waals surface area (Å²) in [7, 11) is 0. The molecule has 2 saturated heterocycles. The van der Waals surface area contributed by atoms with Crippen LogP contribution in [0.3, 0.4) is 0 Å². The van der Waals surface area contributed by atoms with E-state index < -0.39 is 0 Å². The Morgan fingerprint density at radius 3 is 2.55 bits per heavy atom. The first-order chi connectivity index (χ1) is 10.7. The number of likely N-dealkylation sites (tertiary alicyclic amines) is 1. The monoisotopic (exact) mass is 300 g/mol. The molecule has 4 heterocycles. The van der Waals surface area contributed by atoms with Crippen LogP contribution in [0.25, 0.3) is 0 Å². The van der Waals surface area contributed by atoms with Crippen LogP contribution in [0.1, 0.15) is 17.4 Å². The molecule has 0 amide bonds. The standard InChI is InChI=1S/C15H20N6O/c1-10-3-15(17-9-16-10)21-6-12-4-20(5-13(12)7-21)8-14-18-11(2)22-19-14/h3,9,12-13H,4-8H2,1-2H3. The largest absolute Gasteiger partial charge is 0.356 e. The van der Waals surface area contributed by atoms with Crippen LogP contribution in [-0.2, 0) is 6.54 Å². The molecule has 4 rings (SSSR count). The molecule has 0 aliphatic carbocycles. The smallest absolute Gasteiger partial charge is 0.223 e. The summed E-state index contributed by atoms with van der Waals surface area (Å²) in [4.78, 5) is 17.7. The Hall–Kier alpha value is -2.02. The number of nitrogens with zero attached hydrogens (tertiary/aromatic N) is 6. The van der Waals surface area contributed by atoms with Crippen molar-refractivity contribution in [3.05, 3.63) is 29.8 Å². The summed E-state index contributed by atoms with van der Waals surface area (Å²) < 4.78 is 5.04. The van der Waals surface area contributed by atoms with Crippen LogP contribution in [0.2, 0.25) is 0 Å². The molecule has 2 aliphatic rings. The van der Waals surface area contributed by atoms with Gasteiger partial charge in [-0.3, -0.25) is 4.90 Å². The Bertz CT molecular complexity index is 658. The van der Waals surface area contributed by atoms with E-state index in [1.54, 1.807) is 6.33 Å². The summed E-state index contributed by atoms with van der Waals surface area (Å²) in [5, 5.41) is 3.99. The van der Waals surface area contributed by atoms with Crippen LogP contribution < -0.4 is 4.90 Å². The molecule has 0 bridgehead atoms. The maximum absolute atomic E-state index is 5.04. The first kappa shape index (κ1) is 13.6. The van der Waals surface area contributed by atoms with Gasteiger partial charge in [-0.2, -0.15) is 4.98 Å². The van der Waals surface area contributed by atoms with Crippen molar-refractivity contribution in [1.29, 1.82) is 0 Å². The van der Waals surface area contributed by atoms with E-state index in [1.807, 2.05) is 13.8 Å². The Balaban J connectivity index is 1.38. The highest BCUT2D eigenvalue weighted by molar-refractivity contribution is 5.40. The first-order valence-corrected chi connectivity index (χ1v) is 7.72.